The molecule has 4 aliphatic rings. The van der Waals surface area contributed by atoms with E-state index >= 15 is 0 Å². The number of piperidine rings is 1. The number of aliphatic hydroxyl groups excluding tert-OH is 1. The van der Waals surface area contributed by atoms with E-state index in [2.05, 4.69) is 28.3 Å². The molecule has 144 valence electrons. The van der Waals surface area contributed by atoms with Gasteiger partial charge in [-0.2, -0.15) is 5.10 Å². The molecule has 0 amide bonds. The number of hydrazone groups is 1. The van der Waals surface area contributed by atoms with Crippen LogP contribution in [-0.4, -0.2) is 52.4 Å². The minimum atomic E-state index is -0.657. The first-order valence-corrected chi connectivity index (χ1v) is 9.73. The van der Waals surface area contributed by atoms with Crippen LogP contribution in [0.15, 0.2) is 29.4 Å². The lowest BCUT2D eigenvalue weighted by atomic mass is 9.53. The van der Waals surface area contributed by atoms with Crippen molar-refractivity contribution in [1.29, 1.82) is 0 Å². The number of benzene rings is 1. The van der Waals surface area contributed by atoms with Crippen LogP contribution in [0.2, 0.25) is 0 Å². The van der Waals surface area contributed by atoms with Crippen LogP contribution >= 0.6 is 0 Å². The van der Waals surface area contributed by atoms with E-state index in [-0.39, 0.29) is 29.4 Å². The smallest absolute Gasteiger partial charge is 0.165 e. The average molecular weight is 370 g/mol. The number of hydrogen-bond donors (Lipinski definition) is 4. The molecule has 7 heteroatoms. The summed E-state index contributed by atoms with van der Waals surface area (Å²) in [6.07, 6.45) is 7.47. The molecule has 7 nitrogen and oxygen atoms in total. The summed E-state index contributed by atoms with van der Waals surface area (Å²) in [5.74, 6) is 6.29. The molecule has 0 saturated carbocycles. The van der Waals surface area contributed by atoms with Crippen molar-refractivity contribution in [2.75, 3.05) is 6.54 Å². The number of rotatable bonds is 4. The van der Waals surface area contributed by atoms with Crippen LogP contribution in [0.5, 0.6) is 11.5 Å². The Kier molecular flexibility index (Phi) is 3.67. The summed E-state index contributed by atoms with van der Waals surface area (Å²) < 4.78 is 6.19. The molecule has 2 bridgehead atoms. The van der Waals surface area contributed by atoms with Crippen LogP contribution in [0.4, 0.5) is 0 Å². The highest BCUT2D eigenvalue weighted by molar-refractivity contribution is 5.62. The first-order chi connectivity index (χ1) is 13.1. The summed E-state index contributed by atoms with van der Waals surface area (Å²) in [6, 6.07) is 4.04. The Bertz CT molecular complexity index is 826. The molecular formula is C20H26N4O3. The van der Waals surface area contributed by atoms with Gasteiger partial charge in [0.2, 0.25) is 0 Å². The first kappa shape index (κ1) is 16.9. The van der Waals surface area contributed by atoms with Crippen molar-refractivity contribution in [3.05, 3.63) is 35.4 Å². The van der Waals surface area contributed by atoms with Crippen molar-refractivity contribution in [1.82, 2.24) is 10.2 Å². The predicted molar refractivity (Wildman–Crippen MR) is 102 cm³/mol. The van der Waals surface area contributed by atoms with E-state index in [4.69, 9.17) is 10.6 Å². The Hall–Kier alpha value is -2.25. The summed E-state index contributed by atoms with van der Waals surface area (Å²) >= 11 is 0. The third-order valence-corrected chi connectivity index (χ3v) is 7.04. The monoisotopic (exact) mass is 370 g/mol. The lowest BCUT2D eigenvalue weighted by Crippen LogP contribution is -2.68. The van der Waals surface area contributed by atoms with Gasteiger partial charge < -0.3 is 26.1 Å². The largest absolute Gasteiger partial charge is 0.504 e. The lowest BCUT2D eigenvalue weighted by molar-refractivity contribution is -0.0648. The minimum absolute atomic E-state index is 0.152. The number of phenolic OH excluding ortho intramolecular Hbond substituents is 1. The second kappa shape index (κ2) is 5.87. The standard InChI is InChI=1S/C20H26N4O3/c1-2-16(22-10-23-21)24-8-7-20-12-4-6-15(26)19(20)27-18-14(25)5-3-11(17(18)20)9-13(12)24/h3-6,10,12-13,15-16,19,25-26H,2,7-9,21H2,1H3,(H,22,23)/t12-,13+,15-,16?,19-,20-/m0/s1. The molecule has 2 aliphatic carbocycles. The van der Waals surface area contributed by atoms with Gasteiger partial charge in [0.05, 0.1) is 6.17 Å². The van der Waals surface area contributed by atoms with Gasteiger partial charge in [-0.05, 0) is 30.9 Å². The van der Waals surface area contributed by atoms with Gasteiger partial charge in [-0.1, -0.05) is 25.1 Å². The number of nitrogens with two attached hydrogens (primary N) is 1. The van der Waals surface area contributed by atoms with Gasteiger partial charge in [0.25, 0.3) is 0 Å². The number of likely N-dealkylation sites (tertiary alicyclic amines) is 1. The topological polar surface area (TPSA) is 103 Å². The summed E-state index contributed by atoms with van der Waals surface area (Å²) in [6.45, 7) is 3.04. The third-order valence-electron chi connectivity index (χ3n) is 7.04. The normalized spacial score (nSPS) is 37.1. The number of nitrogens with zero attached hydrogens (tertiary/aromatic N) is 2. The van der Waals surface area contributed by atoms with Crippen LogP contribution in [0, 0.1) is 5.92 Å². The number of aromatic hydroxyl groups is 1. The number of nitrogens with one attached hydrogen (secondary N) is 1. The predicted octanol–water partition coefficient (Wildman–Crippen LogP) is 0.796. The Morgan fingerprint density at radius 3 is 3.11 bits per heavy atom. The lowest BCUT2D eigenvalue weighted by Gasteiger charge is -2.58. The van der Waals surface area contributed by atoms with Crippen LogP contribution in [-0.2, 0) is 11.8 Å². The van der Waals surface area contributed by atoms with Crippen molar-refractivity contribution < 1.29 is 14.9 Å². The molecule has 2 heterocycles. The van der Waals surface area contributed by atoms with Crippen LogP contribution < -0.4 is 15.9 Å². The number of aliphatic hydroxyl groups is 1. The van der Waals surface area contributed by atoms with Gasteiger partial charge in [0, 0.05) is 29.5 Å². The van der Waals surface area contributed by atoms with Crippen molar-refractivity contribution >= 4 is 6.34 Å². The second-order valence-corrected chi connectivity index (χ2v) is 8.06. The zero-order valence-corrected chi connectivity index (χ0v) is 15.4. The van der Waals surface area contributed by atoms with Crippen molar-refractivity contribution in [3.63, 3.8) is 0 Å². The molecule has 5 rings (SSSR count). The fourth-order valence-electron chi connectivity index (χ4n) is 6.05. The van der Waals surface area contributed by atoms with Gasteiger partial charge >= 0.3 is 0 Å². The first-order valence-electron chi connectivity index (χ1n) is 9.73. The van der Waals surface area contributed by atoms with Crippen molar-refractivity contribution in [2.45, 2.75) is 56.0 Å². The van der Waals surface area contributed by atoms with Gasteiger partial charge in [0.15, 0.2) is 11.5 Å². The molecule has 5 N–H and O–H groups in total. The van der Waals surface area contributed by atoms with Crippen LogP contribution in [0.3, 0.4) is 0 Å². The Morgan fingerprint density at radius 2 is 2.33 bits per heavy atom. The molecule has 1 aromatic carbocycles. The molecular weight excluding hydrogens is 344 g/mol. The molecule has 6 atom stereocenters. The highest BCUT2D eigenvalue weighted by Crippen LogP contribution is 2.62. The number of ether oxygens (including phenoxy) is 1. The van der Waals surface area contributed by atoms with Gasteiger partial charge in [-0.3, -0.25) is 4.90 Å². The van der Waals surface area contributed by atoms with E-state index in [0.29, 0.717) is 11.8 Å². The Labute approximate surface area is 158 Å². The maximum absolute atomic E-state index is 10.7. The van der Waals surface area contributed by atoms with E-state index in [1.54, 1.807) is 12.4 Å². The molecule has 1 aromatic rings. The van der Waals surface area contributed by atoms with E-state index in [1.807, 2.05) is 12.1 Å². The maximum Gasteiger partial charge on any atom is 0.165 e. The highest BCUT2D eigenvalue weighted by atomic mass is 16.5. The van der Waals surface area contributed by atoms with E-state index in [9.17, 15) is 10.2 Å². The number of hydrogen-bond acceptors (Lipinski definition) is 6. The summed E-state index contributed by atoms with van der Waals surface area (Å²) in [5, 5.41) is 28.0. The third kappa shape index (κ3) is 2.07. The fourth-order valence-corrected chi connectivity index (χ4v) is 6.05. The van der Waals surface area contributed by atoms with Gasteiger partial charge in [-0.25, -0.2) is 0 Å². The van der Waals surface area contributed by atoms with E-state index in [1.165, 1.54) is 5.56 Å². The van der Waals surface area contributed by atoms with Crippen molar-refractivity contribution in [3.8, 4) is 11.5 Å². The molecule has 0 radical (unpaired) electrons. The van der Waals surface area contributed by atoms with E-state index in [0.717, 1.165) is 31.4 Å². The minimum Gasteiger partial charge on any atom is -0.504 e. The maximum atomic E-state index is 10.7. The molecule has 1 spiro atoms. The molecule has 27 heavy (non-hydrogen) atoms. The fraction of sp³-hybridized carbons (Fsp3) is 0.550. The Balaban J connectivity index is 1.63. The van der Waals surface area contributed by atoms with Crippen LogP contribution in [0.25, 0.3) is 0 Å². The van der Waals surface area contributed by atoms with E-state index < -0.39 is 6.10 Å². The van der Waals surface area contributed by atoms with Gasteiger partial charge in [0.1, 0.15) is 18.5 Å². The van der Waals surface area contributed by atoms with Crippen LogP contribution in [0.1, 0.15) is 30.9 Å². The molecule has 1 unspecified atom stereocenters. The summed E-state index contributed by atoms with van der Waals surface area (Å²) in [4.78, 5) is 2.50. The summed E-state index contributed by atoms with van der Waals surface area (Å²) in [5.41, 5.74) is 2.08. The molecule has 2 aliphatic heterocycles. The Morgan fingerprint density at radius 1 is 1.48 bits per heavy atom. The van der Waals surface area contributed by atoms with Gasteiger partial charge in [-0.15, -0.1) is 0 Å². The molecule has 1 fully saturated rings. The number of phenols is 1. The van der Waals surface area contributed by atoms with Crippen molar-refractivity contribution in [2.24, 2.45) is 16.9 Å². The zero-order valence-electron chi connectivity index (χ0n) is 15.4. The average Bonchev–Trinajstić information content (AvgIpc) is 3.02. The SMILES string of the molecule is CCC(N/C=N\N)N1CC[C@]23c4c5ccc(O)c4O[C@H]2[C@@H](O)C=C[C@H]3[C@H]1C5. The molecule has 0 aromatic heterocycles. The zero-order chi connectivity index (χ0) is 18.8. The highest BCUT2D eigenvalue weighted by Gasteiger charge is 2.64. The quantitative estimate of drug-likeness (QED) is 0.205. The molecule has 1 saturated heterocycles. The summed E-state index contributed by atoms with van der Waals surface area (Å²) in [7, 11) is 0. The second-order valence-electron chi connectivity index (χ2n) is 8.06.